The van der Waals surface area contributed by atoms with Gasteiger partial charge in [0.15, 0.2) is 0 Å². The van der Waals surface area contributed by atoms with E-state index >= 15 is 0 Å². The first-order valence-corrected chi connectivity index (χ1v) is 4.91. The summed E-state index contributed by atoms with van der Waals surface area (Å²) < 4.78 is 19.4. The molecule has 0 bridgehead atoms. The second-order valence-electron chi connectivity index (χ2n) is 2.34. The van der Waals surface area contributed by atoms with Crippen LogP contribution in [-0.2, 0) is 23.5 Å². The molecule has 6 heteroatoms. The van der Waals surface area contributed by atoms with Crippen LogP contribution in [0.4, 0.5) is 0 Å². The highest BCUT2D eigenvalue weighted by Gasteiger charge is 1.99. The fourth-order valence-electron chi connectivity index (χ4n) is 0.688. The van der Waals surface area contributed by atoms with Gasteiger partial charge in [-0.3, -0.25) is 0 Å². The highest BCUT2D eigenvalue weighted by molar-refractivity contribution is 7.09. The molecular formula is C8H17O5P. The number of hydrogen-bond donors (Lipinski definition) is 0. The number of carbonyl (C=O) groups excluding carboxylic acids is 1. The van der Waals surface area contributed by atoms with Crippen molar-refractivity contribution in [2.75, 3.05) is 39.6 Å². The maximum atomic E-state index is 10.7. The van der Waals surface area contributed by atoms with Gasteiger partial charge >= 0.3 is 5.97 Å². The molecule has 0 rings (SSSR count). The van der Waals surface area contributed by atoms with Crippen molar-refractivity contribution < 1.29 is 23.5 Å². The first-order chi connectivity index (χ1) is 6.81. The number of carbonyl (C=O) groups is 1. The van der Waals surface area contributed by atoms with E-state index in [0.29, 0.717) is 26.4 Å². The average Bonchev–Trinajstić information content (AvgIpc) is 2.17. The van der Waals surface area contributed by atoms with Crippen molar-refractivity contribution in [3.8, 4) is 0 Å². The topological polar surface area (TPSA) is 54.0 Å². The van der Waals surface area contributed by atoms with Gasteiger partial charge in [0.1, 0.15) is 13.2 Å². The predicted molar refractivity (Wildman–Crippen MR) is 53.9 cm³/mol. The highest BCUT2D eigenvalue weighted by Crippen LogP contribution is 1.87. The Morgan fingerprint density at radius 2 is 1.79 bits per heavy atom. The molecule has 0 aliphatic carbocycles. The lowest BCUT2D eigenvalue weighted by atomic mass is 10.7. The smallest absolute Gasteiger partial charge is 0.332 e. The second-order valence-corrected chi connectivity index (χ2v) is 2.67. The molecule has 0 aliphatic heterocycles. The quantitative estimate of drug-likeness (QED) is 0.322. The molecule has 0 aromatic heterocycles. The molecule has 0 N–H and O–H groups in total. The van der Waals surface area contributed by atoms with Crippen LogP contribution >= 0.6 is 9.47 Å². The summed E-state index contributed by atoms with van der Waals surface area (Å²) in [5.74, 6) is -0.395. The van der Waals surface area contributed by atoms with E-state index in [2.05, 4.69) is 4.52 Å². The molecule has 0 aromatic carbocycles. The van der Waals surface area contributed by atoms with Crippen molar-refractivity contribution in [1.82, 2.24) is 0 Å². The van der Waals surface area contributed by atoms with E-state index < -0.39 is 5.97 Å². The van der Waals surface area contributed by atoms with E-state index in [0.717, 1.165) is 0 Å². The van der Waals surface area contributed by atoms with Crippen molar-refractivity contribution >= 4 is 15.4 Å². The van der Waals surface area contributed by atoms with Crippen LogP contribution in [0, 0.1) is 0 Å². The Bertz CT molecular complexity index is 142. The Hall–Kier alpha value is -0.220. The van der Waals surface area contributed by atoms with Crippen LogP contribution in [0.1, 0.15) is 6.92 Å². The molecular weight excluding hydrogens is 207 g/mol. The lowest BCUT2D eigenvalue weighted by Crippen LogP contribution is -2.15. The third kappa shape index (κ3) is 9.86. The van der Waals surface area contributed by atoms with Gasteiger partial charge in [0.05, 0.1) is 19.8 Å². The Balaban J connectivity index is 3.01. The van der Waals surface area contributed by atoms with Crippen LogP contribution in [-0.4, -0.2) is 45.6 Å². The minimum absolute atomic E-state index is 0.0520. The molecule has 14 heavy (non-hydrogen) atoms. The average molecular weight is 224 g/mol. The zero-order chi connectivity index (χ0) is 10.6. The lowest BCUT2D eigenvalue weighted by molar-refractivity contribution is -0.147. The Morgan fingerprint density at radius 3 is 2.43 bits per heavy atom. The third-order valence-corrected chi connectivity index (χ3v) is 1.43. The zero-order valence-corrected chi connectivity index (χ0v) is 9.52. The van der Waals surface area contributed by atoms with Gasteiger partial charge in [-0.15, -0.1) is 0 Å². The Labute approximate surface area is 86.3 Å². The molecule has 0 saturated heterocycles. The summed E-state index contributed by atoms with van der Waals surface area (Å²) >= 11 is 0. The van der Waals surface area contributed by atoms with Gasteiger partial charge in [-0.05, 0) is 6.92 Å². The third-order valence-electron chi connectivity index (χ3n) is 1.27. The van der Waals surface area contributed by atoms with Crippen LogP contribution in [0.3, 0.4) is 0 Å². The highest BCUT2D eigenvalue weighted by atomic mass is 31.0. The van der Waals surface area contributed by atoms with Gasteiger partial charge in [0, 0.05) is 16.1 Å². The first-order valence-electron chi connectivity index (χ1n) is 4.44. The fraction of sp³-hybridized carbons (Fsp3) is 0.875. The van der Waals surface area contributed by atoms with Crippen LogP contribution in [0.2, 0.25) is 0 Å². The molecule has 0 radical (unpaired) electrons. The summed E-state index contributed by atoms with van der Waals surface area (Å²) in [5, 5.41) is 0. The molecule has 0 amide bonds. The standard InChI is InChI=1S/C8H17O5P/c1-2-10-3-4-11-5-6-12-8(9)7-13-14/h2-7,14H2,1H3. The molecule has 0 saturated carbocycles. The maximum Gasteiger partial charge on any atom is 0.332 e. The molecule has 5 nitrogen and oxygen atoms in total. The SMILES string of the molecule is CCOCCOCCOC(=O)COP. The predicted octanol–water partition coefficient (Wildman–Crippen LogP) is 0.389. The number of ether oxygens (including phenoxy) is 3. The minimum atomic E-state index is -0.395. The normalized spacial score (nSPS) is 10.1. The number of rotatable bonds is 9. The van der Waals surface area contributed by atoms with Gasteiger partial charge in [0.25, 0.3) is 0 Å². The van der Waals surface area contributed by atoms with E-state index in [1.165, 1.54) is 0 Å². The molecule has 1 atom stereocenters. The summed E-state index contributed by atoms with van der Waals surface area (Å²) in [6, 6.07) is 0. The van der Waals surface area contributed by atoms with E-state index in [1.54, 1.807) is 0 Å². The van der Waals surface area contributed by atoms with Gasteiger partial charge in [-0.25, -0.2) is 4.79 Å². The molecule has 0 aromatic rings. The number of hydrogen-bond acceptors (Lipinski definition) is 5. The van der Waals surface area contributed by atoms with Gasteiger partial charge < -0.3 is 18.7 Å². The molecule has 0 fully saturated rings. The number of esters is 1. The summed E-state index contributed by atoms with van der Waals surface area (Å²) in [7, 11) is 1.98. The van der Waals surface area contributed by atoms with E-state index in [1.807, 2.05) is 16.4 Å². The molecule has 0 spiro atoms. The summed E-state index contributed by atoms with van der Waals surface area (Å²) in [4.78, 5) is 10.7. The monoisotopic (exact) mass is 224 g/mol. The lowest BCUT2D eigenvalue weighted by Gasteiger charge is -2.05. The fourth-order valence-corrected chi connectivity index (χ4v) is 0.824. The van der Waals surface area contributed by atoms with Gasteiger partial charge in [0.2, 0.25) is 0 Å². The molecule has 1 unspecified atom stereocenters. The molecule has 0 heterocycles. The van der Waals surface area contributed by atoms with E-state index in [4.69, 9.17) is 14.2 Å². The van der Waals surface area contributed by atoms with Gasteiger partial charge in [-0.1, -0.05) is 0 Å². The van der Waals surface area contributed by atoms with Crippen molar-refractivity contribution in [2.24, 2.45) is 0 Å². The molecule has 84 valence electrons. The summed E-state index contributed by atoms with van der Waals surface area (Å²) in [6.07, 6.45) is 0. The van der Waals surface area contributed by atoms with Crippen LogP contribution in [0.5, 0.6) is 0 Å². The zero-order valence-electron chi connectivity index (χ0n) is 8.36. The van der Waals surface area contributed by atoms with Crippen molar-refractivity contribution in [1.29, 1.82) is 0 Å². The minimum Gasteiger partial charge on any atom is -0.462 e. The van der Waals surface area contributed by atoms with Crippen molar-refractivity contribution in [2.45, 2.75) is 6.92 Å². The second kappa shape index (κ2) is 10.9. The van der Waals surface area contributed by atoms with E-state index in [9.17, 15) is 4.79 Å². The van der Waals surface area contributed by atoms with Gasteiger partial charge in [-0.2, -0.15) is 0 Å². The van der Waals surface area contributed by atoms with Crippen LogP contribution in [0.25, 0.3) is 0 Å². The summed E-state index contributed by atoms with van der Waals surface area (Å²) in [5.41, 5.74) is 0. The molecule has 0 aliphatic rings. The van der Waals surface area contributed by atoms with Crippen LogP contribution < -0.4 is 0 Å². The maximum absolute atomic E-state index is 10.7. The Morgan fingerprint density at radius 1 is 1.14 bits per heavy atom. The summed E-state index contributed by atoms with van der Waals surface area (Å²) in [6.45, 7) is 4.28. The van der Waals surface area contributed by atoms with Crippen molar-refractivity contribution in [3.05, 3.63) is 0 Å². The van der Waals surface area contributed by atoms with Crippen LogP contribution in [0.15, 0.2) is 0 Å². The Kier molecular flexibility index (Phi) is 10.7. The van der Waals surface area contributed by atoms with Crippen molar-refractivity contribution in [3.63, 3.8) is 0 Å². The largest absolute Gasteiger partial charge is 0.462 e. The first kappa shape index (κ1) is 13.8. The van der Waals surface area contributed by atoms with E-state index in [-0.39, 0.29) is 13.2 Å².